The van der Waals surface area contributed by atoms with Crippen molar-refractivity contribution in [2.45, 2.75) is 6.17 Å². The Hall–Kier alpha value is -2.78. The van der Waals surface area contributed by atoms with Gasteiger partial charge in [-0.3, -0.25) is 4.57 Å². The van der Waals surface area contributed by atoms with Gasteiger partial charge in [-0.1, -0.05) is 48.0 Å². The fraction of sp³-hybridized carbons (Fsp3) is 0.0952. The van der Waals surface area contributed by atoms with Crippen LogP contribution in [0.4, 0.5) is 5.69 Å². The maximum absolute atomic E-state index is 6.11. The van der Waals surface area contributed by atoms with Crippen LogP contribution in [-0.2, 0) is 0 Å². The van der Waals surface area contributed by atoms with E-state index >= 15 is 0 Å². The van der Waals surface area contributed by atoms with E-state index in [1.807, 2.05) is 18.2 Å². The molecule has 1 atom stereocenters. The Morgan fingerprint density at radius 1 is 0.880 bits per heavy atom. The van der Waals surface area contributed by atoms with Gasteiger partial charge in [-0.05, 0) is 42.0 Å². The minimum Gasteiger partial charge on any atom is -0.350 e. The lowest BCUT2D eigenvalue weighted by atomic mass is 10.0. The van der Waals surface area contributed by atoms with Gasteiger partial charge in [0.25, 0.3) is 0 Å². The highest BCUT2D eigenvalue weighted by Gasteiger charge is 2.31. The molecule has 0 fully saturated rings. The van der Waals surface area contributed by atoms with Crippen LogP contribution in [0.15, 0.2) is 72.8 Å². The molecule has 0 saturated heterocycles. The second-order valence-electron chi connectivity index (χ2n) is 6.35. The molecule has 0 saturated carbocycles. The van der Waals surface area contributed by atoms with Crippen molar-refractivity contribution >= 4 is 28.3 Å². The van der Waals surface area contributed by atoms with E-state index in [1.54, 1.807) is 0 Å². The lowest BCUT2D eigenvalue weighted by molar-refractivity contribution is 0.582. The molecule has 3 aromatic carbocycles. The highest BCUT2D eigenvalue weighted by atomic mass is 35.5. The van der Waals surface area contributed by atoms with E-state index in [4.69, 9.17) is 16.6 Å². The molecule has 122 valence electrons. The smallest absolute Gasteiger partial charge is 0.145 e. The molecule has 3 nitrogen and oxygen atoms in total. The molecule has 0 radical (unpaired) electrons. The van der Waals surface area contributed by atoms with Gasteiger partial charge in [-0.15, -0.1) is 0 Å². The van der Waals surface area contributed by atoms with Gasteiger partial charge in [-0.25, -0.2) is 4.98 Å². The van der Waals surface area contributed by atoms with Crippen molar-refractivity contribution in [3.63, 3.8) is 0 Å². The average molecular weight is 346 g/mol. The van der Waals surface area contributed by atoms with Gasteiger partial charge in [-0.2, -0.15) is 0 Å². The minimum absolute atomic E-state index is 0.0366. The van der Waals surface area contributed by atoms with Crippen LogP contribution in [0.3, 0.4) is 0 Å². The molecule has 1 aliphatic rings. The van der Waals surface area contributed by atoms with E-state index in [0.717, 1.165) is 27.4 Å². The number of benzene rings is 3. The highest BCUT2D eigenvalue weighted by molar-refractivity contribution is 6.30. The normalized spacial score (nSPS) is 15.9. The third-order valence-corrected chi connectivity index (χ3v) is 5.15. The molecule has 4 aromatic rings. The molecule has 25 heavy (non-hydrogen) atoms. The third-order valence-electron chi connectivity index (χ3n) is 4.90. The van der Waals surface area contributed by atoms with Crippen LogP contribution < -0.4 is 4.90 Å². The van der Waals surface area contributed by atoms with Crippen LogP contribution in [0.2, 0.25) is 5.02 Å². The Labute approximate surface area is 151 Å². The van der Waals surface area contributed by atoms with Crippen molar-refractivity contribution in [1.82, 2.24) is 9.55 Å². The molecule has 5 rings (SSSR count). The van der Waals surface area contributed by atoms with Crippen LogP contribution >= 0.6 is 11.6 Å². The Morgan fingerprint density at radius 2 is 1.60 bits per heavy atom. The molecule has 1 aliphatic heterocycles. The standard InChI is InChI=1S/C21H16ClN3/c1-24-18-8-4-2-6-16(18)20-23-17-7-3-5-9-19(17)25(20)21(24)14-10-12-15(22)13-11-14/h2-13,21H,1H3. The topological polar surface area (TPSA) is 21.1 Å². The molecule has 0 N–H and O–H groups in total. The maximum Gasteiger partial charge on any atom is 0.145 e. The first kappa shape index (κ1) is 14.6. The van der Waals surface area contributed by atoms with Crippen LogP contribution in [-0.4, -0.2) is 16.6 Å². The summed E-state index contributed by atoms with van der Waals surface area (Å²) in [5.41, 5.74) is 5.68. The first-order valence-corrected chi connectivity index (χ1v) is 8.66. The number of aromatic nitrogens is 2. The van der Waals surface area contributed by atoms with Gasteiger partial charge < -0.3 is 4.90 Å². The summed E-state index contributed by atoms with van der Waals surface area (Å²) >= 11 is 6.11. The van der Waals surface area contributed by atoms with E-state index < -0.39 is 0 Å². The van der Waals surface area contributed by atoms with E-state index in [1.165, 1.54) is 11.3 Å². The number of rotatable bonds is 1. The molecule has 1 unspecified atom stereocenters. The Balaban J connectivity index is 1.85. The van der Waals surface area contributed by atoms with Gasteiger partial charge in [0, 0.05) is 23.3 Å². The molecule has 0 spiro atoms. The van der Waals surface area contributed by atoms with Crippen molar-refractivity contribution in [1.29, 1.82) is 0 Å². The van der Waals surface area contributed by atoms with E-state index in [0.29, 0.717) is 0 Å². The average Bonchev–Trinajstić information content (AvgIpc) is 3.03. The molecule has 0 bridgehead atoms. The molecule has 2 heterocycles. The van der Waals surface area contributed by atoms with Crippen LogP contribution in [0.5, 0.6) is 0 Å². The summed E-state index contributed by atoms with van der Waals surface area (Å²) in [4.78, 5) is 7.24. The number of hydrogen-bond acceptors (Lipinski definition) is 2. The minimum atomic E-state index is 0.0366. The van der Waals surface area contributed by atoms with Gasteiger partial charge in [0.15, 0.2) is 0 Å². The predicted octanol–water partition coefficient (Wildman–Crippen LogP) is 5.35. The van der Waals surface area contributed by atoms with Crippen LogP contribution in [0, 0.1) is 0 Å². The number of anilines is 1. The molecular formula is C21H16ClN3. The predicted molar refractivity (Wildman–Crippen MR) is 103 cm³/mol. The molecule has 0 amide bonds. The number of para-hydroxylation sites is 3. The van der Waals surface area contributed by atoms with Crippen molar-refractivity contribution in [3.8, 4) is 11.4 Å². The summed E-state index contributed by atoms with van der Waals surface area (Å²) in [7, 11) is 2.13. The summed E-state index contributed by atoms with van der Waals surface area (Å²) in [6, 6.07) is 24.8. The maximum atomic E-state index is 6.11. The zero-order chi connectivity index (χ0) is 17.0. The number of hydrogen-bond donors (Lipinski definition) is 0. The zero-order valence-electron chi connectivity index (χ0n) is 13.7. The van der Waals surface area contributed by atoms with Gasteiger partial charge in [0.2, 0.25) is 0 Å². The summed E-state index contributed by atoms with van der Waals surface area (Å²) in [5, 5.41) is 0.748. The Kier molecular flexibility index (Phi) is 3.12. The molecular weight excluding hydrogens is 330 g/mol. The molecule has 1 aromatic heterocycles. The second kappa shape index (κ2) is 5.36. The summed E-state index contributed by atoms with van der Waals surface area (Å²) < 4.78 is 2.32. The monoisotopic (exact) mass is 345 g/mol. The number of halogens is 1. The lowest BCUT2D eigenvalue weighted by Crippen LogP contribution is -2.34. The molecule has 0 aliphatic carbocycles. The third kappa shape index (κ3) is 2.09. The largest absolute Gasteiger partial charge is 0.350 e. The van der Waals surface area contributed by atoms with Crippen LogP contribution in [0.25, 0.3) is 22.4 Å². The van der Waals surface area contributed by atoms with Crippen molar-refractivity contribution in [2.24, 2.45) is 0 Å². The Bertz CT molecular complexity index is 1080. The first-order chi connectivity index (χ1) is 12.2. The first-order valence-electron chi connectivity index (χ1n) is 8.29. The number of nitrogens with zero attached hydrogens (tertiary/aromatic N) is 3. The second-order valence-corrected chi connectivity index (χ2v) is 6.78. The number of imidazole rings is 1. The fourth-order valence-corrected chi connectivity index (χ4v) is 3.89. The van der Waals surface area contributed by atoms with Gasteiger partial charge in [0.1, 0.15) is 12.0 Å². The van der Waals surface area contributed by atoms with E-state index in [9.17, 15) is 0 Å². The lowest BCUT2D eigenvalue weighted by Gasteiger charge is -2.38. The van der Waals surface area contributed by atoms with Gasteiger partial charge in [0.05, 0.1) is 11.0 Å². The molecule has 4 heteroatoms. The van der Waals surface area contributed by atoms with E-state index in [2.05, 4.69) is 71.1 Å². The SMILES string of the molecule is CN1c2ccccc2-c2nc3ccccc3n2C1c1ccc(Cl)cc1. The number of fused-ring (bicyclic) bond motifs is 5. The van der Waals surface area contributed by atoms with Crippen molar-refractivity contribution in [3.05, 3.63) is 83.4 Å². The Morgan fingerprint density at radius 3 is 2.44 bits per heavy atom. The summed E-state index contributed by atoms with van der Waals surface area (Å²) in [5.74, 6) is 1.01. The van der Waals surface area contributed by atoms with Gasteiger partial charge >= 0.3 is 0 Å². The summed E-state index contributed by atoms with van der Waals surface area (Å²) in [6.07, 6.45) is 0.0366. The zero-order valence-corrected chi connectivity index (χ0v) is 14.5. The quantitative estimate of drug-likeness (QED) is 0.463. The van der Waals surface area contributed by atoms with Crippen LogP contribution in [0.1, 0.15) is 11.7 Å². The van der Waals surface area contributed by atoms with Crippen molar-refractivity contribution in [2.75, 3.05) is 11.9 Å². The fourth-order valence-electron chi connectivity index (χ4n) is 3.76. The highest BCUT2D eigenvalue weighted by Crippen LogP contribution is 2.43. The van der Waals surface area contributed by atoms with Crippen molar-refractivity contribution < 1.29 is 0 Å². The van der Waals surface area contributed by atoms with E-state index in [-0.39, 0.29) is 6.17 Å². The summed E-state index contributed by atoms with van der Waals surface area (Å²) in [6.45, 7) is 0.